The Morgan fingerprint density at radius 2 is 2.15 bits per heavy atom. The quantitative estimate of drug-likeness (QED) is 0.815. The summed E-state index contributed by atoms with van der Waals surface area (Å²) in [4.78, 5) is 18.3. The molecule has 2 N–H and O–H groups in total. The Morgan fingerprint density at radius 3 is 2.80 bits per heavy atom. The number of nitrogens with one attached hydrogen (secondary N) is 2. The molecule has 0 radical (unpaired) electrons. The first-order valence-electron chi connectivity index (χ1n) is 6.79. The van der Waals surface area contributed by atoms with Crippen molar-refractivity contribution in [3.05, 3.63) is 42.2 Å². The van der Waals surface area contributed by atoms with E-state index in [4.69, 9.17) is 4.74 Å². The van der Waals surface area contributed by atoms with E-state index in [1.807, 2.05) is 24.3 Å². The average Bonchev–Trinajstić information content (AvgIpc) is 2.97. The smallest absolute Gasteiger partial charge is 0.264 e. The number of hydrogen-bond donors (Lipinski definition) is 2. The van der Waals surface area contributed by atoms with Crippen molar-refractivity contribution in [2.75, 3.05) is 11.9 Å². The minimum atomic E-state index is -0.241. The highest BCUT2D eigenvalue weighted by atomic mass is 16.5. The van der Waals surface area contributed by atoms with Gasteiger partial charge < -0.3 is 9.72 Å². The number of H-pyrrole nitrogens is 1. The molecular formula is C15H19N3O2. The van der Waals surface area contributed by atoms with Gasteiger partial charge in [0.05, 0.1) is 0 Å². The zero-order chi connectivity index (χ0) is 14.2. The number of aromatic amines is 1. The topological polar surface area (TPSA) is 67.0 Å². The van der Waals surface area contributed by atoms with Crippen LogP contribution < -0.4 is 10.1 Å². The zero-order valence-corrected chi connectivity index (χ0v) is 11.6. The second kappa shape index (κ2) is 7.33. The second-order valence-corrected chi connectivity index (χ2v) is 4.52. The molecule has 106 valence electrons. The summed E-state index contributed by atoms with van der Waals surface area (Å²) in [7, 11) is 0. The van der Waals surface area contributed by atoms with E-state index in [2.05, 4.69) is 22.2 Å². The van der Waals surface area contributed by atoms with Gasteiger partial charge in [0.1, 0.15) is 5.75 Å². The highest BCUT2D eigenvalue weighted by Gasteiger charge is 2.04. The van der Waals surface area contributed by atoms with Gasteiger partial charge >= 0.3 is 0 Å². The first-order valence-corrected chi connectivity index (χ1v) is 6.79. The maximum absolute atomic E-state index is 11.6. The molecule has 1 amide bonds. The Bertz CT molecular complexity index is 521. The van der Waals surface area contributed by atoms with E-state index in [0.29, 0.717) is 11.7 Å². The minimum Gasteiger partial charge on any atom is -0.484 e. The molecule has 0 aliphatic carbocycles. The lowest BCUT2D eigenvalue weighted by Crippen LogP contribution is -2.20. The Labute approximate surface area is 118 Å². The van der Waals surface area contributed by atoms with Crippen molar-refractivity contribution in [1.82, 2.24) is 9.97 Å². The van der Waals surface area contributed by atoms with Crippen molar-refractivity contribution in [1.29, 1.82) is 0 Å². The van der Waals surface area contributed by atoms with E-state index < -0.39 is 0 Å². The van der Waals surface area contributed by atoms with Gasteiger partial charge in [0, 0.05) is 12.4 Å². The maximum atomic E-state index is 11.6. The summed E-state index contributed by atoms with van der Waals surface area (Å²) in [5, 5.41) is 2.60. The Morgan fingerprint density at radius 1 is 1.35 bits per heavy atom. The van der Waals surface area contributed by atoms with Gasteiger partial charge in [0.25, 0.3) is 5.91 Å². The molecule has 0 bridgehead atoms. The van der Waals surface area contributed by atoms with Crippen LogP contribution in [0.25, 0.3) is 0 Å². The first-order chi connectivity index (χ1) is 9.78. The standard InChI is InChI=1S/C15H19N3O2/c1-2-3-4-12-5-7-13(8-6-12)20-11-14(19)18-15-16-9-10-17-15/h5-10H,2-4,11H2,1H3,(H2,16,17,18,19). The van der Waals surface area contributed by atoms with Crippen LogP contribution in [-0.2, 0) is 11.2 Å². The van der Waals surface area contributed by atoms with Gasteiger partial charge in [-0.2, -0.15) is 0 Å². The molecule has 0 aliphatic rings. The number of hydrogen-bond acceptors (Lipinski definition) is 3. The predicted molar refractivity (Wildman–Crippen MR) is 77.8 cm³/mol. The molecule has 0 fully saturated rings. The van der Waals surface area contributed by atoms with Crippen molar-refractivity contribution >= 4 is 11.9 Å². The molecule has 2 rings (SSSR count). The third-order valence-electron chi connectivity index (χ3n) is 2.87. The third kappa shape index (κ3) is 4.42. The summed E-state index contributed by atoms with van der Waals surface area (Å²) in [5.74, 6) is 0.878. The molecule has 2 aromatic rings. The number of carbonyl (C=O) groups is 1. The van der Waals surface area contributed by atoms with Gasteiger partial charge in [-0.3, -0.25) is 10.1 Å². The molecule has 0 atom stereocenters. The minimum absolute atomic E-state index is 0.0327. The number of rotatable bonds is 7. The van der Waals surface area contributed by atoms with Crippen molar-refractivity contribution in [3.8, 4) is 5.75 Å². The number of anilines is 1. The lowest BCUT2D eigenvalue weighted by Gasteiger charge is -2.07. The van der Waals surface area contributed by atoms with Crippen LogP contribution in [0.5, 0.6) is 5.75 Å². The van der Waals surface area contributed by atoms with Gasteiger partial charge in [-0.25, -0.2) is 4.98 Å². The fourth-order valence-corrected chi connectivity index (χ4v) is 1.78. The molecule has 1 aromatic carbocycles. The van der Waals surface area contributed by atoms with Gasteiger partial charge in [0.2, 0.25) is 5.95 Å². The first kappa shape index (κ1) is 14.1. The van der Waals surface area contributed by atoms with Crippen LogP contribution in [0.3, 0.4) is 0 Å². The summed E-state index contributed by atoms with van der Waals surface area (Å²) >= 11 is 0. The van der Waals surface area contributed by atoms with Crippen molar-refractivity contribution in [3.63, 3.8) is 0 Å². The maximum Gasteiger partial charge on any atom is 0.264 e. The highest BCUT2D eigenvalue weighted by Crippen LogP contribution is 2.13. The van der Waals surface area contributed by atoms with E-state index in [-0.39, 0.29) is 12.5 Å². The molecule has 20 heavy (non-hydrogen) atoms. The predicted octanol–water partition coefficient (Wildman–Crippen LogP) is 2.77. The molecule has 0 aliphatic heterocycles. The number of unbranched alkanes of at least 4 members (excludes halogenated alkanes) is 1. The van der Waals surface area contributed by atoms with Crippen LogP contribution in [0.1, 0.15) is 25.3 Å². The van der Waals surface area contributed by atoms with Crippen LogP contribution in [0.2, 0.25) is 0 Å². The zero-order valence-electron chi connectivity index (χ0n) is 11.6. The number of ether oxygens (including phenoxy) is 1. The largest absolute Gasteiger partial charge is 0.484 e. The monoisotopic (exact) mass is 273 g/mol. The lowest BCUT2D eigenvalue weighted by molar-refractivity contribution is -0.118. The van der Waals surface area contributed by atoms with Crippen LogP contribution in [0.4, 0.5) is 5.95 Å². The number of benzene rings is 1. The number of carbonyl (C=O) groups excluding carboxylic acids is 1. The van der Waals surface area contributed by atoms with Gasteiger partial charge in [0.15, 0.2) is 6.61 Å². The summed E-state index contributed by atoms with van der Waals surface area (Å²) in [6.07, 6.45) is 6.67. The Kier molecular flexibility index (Phi) is 5.17. The van der Waals surface area contributed by atoms with E-state index in [1.165, 1.54) is 18.4 Å². The van der Waals surface area contributed by atoms with Crippen LogP contribution in [-0.4, -0.2) is 22.5 Å². The summed E-state index contributed by atoms with van der Waals surface area (Å²) in [6.45, 7) is 2.14. The van der Waals surface area contributed by atoms with Gasteiger partial charge in [-0.05, 0) is 30.5 Å². The fraction of sp³-hybridized carbons (Fsp3) is 0.333. The SMILES string of the molecule is CCCCc1ccc(OCC(=O)Nc2ncc[nH]2)cc1. The Hall–Kier alpha value is -2.30. The molecule has 1 heterocycles. The summed E-state index contributed by atoms with van der Waals surface area (Å²) in [6, 6.07) is 7.86. The molecular weight excluding hydrogens is 254 g/mol. The molecule has 5 heteroatoms. The lowest BCUT2D eigenvalue weighted by atomic mass is 10.1. The van der Waals surface area contributed by atoms with Gasteiger partial charge in [-0.1, -0.05) is 25.5 Å². The van der Waals surface area contributed by atoms with Crippen LogP contribution in [0.15, 0.2) is 36.7 Å². The molecule has 0 saturated carbocycles. The number of aromatic nitrogens is 2. The second-order valence-electron chi connectivity index (χ2n) is 4.52. The number of imidazole rings is 1. The van der Waals surface area contributed by atoms with Crippen LogP contribution >= 0.6 is 0 Å². The van der Waals surface area contributed by atoms with Crippen molar-refractivity contribution in [2.45, 2.75) is 26.2 Å². The third-order valence-corrected chi connectivity index (χ3v) is 2.87. The fourth-order valence-electron chi connectivity index (χ4n) is 1.78. The summed E-state index contributed by atoms with van der Waals surface area (Å²) < 4.78 is 5.42. The van der Waals surface area contributed by atoms with Crippen LogP contribution in [0, 0.1) is 0 Å². The molecule has 0 spiro atoms. The van der Waals surface area contributed by atoms with E-state index in [0.717, 1.165) is 6.42 Å². The molecule has 0 saturated heterocycles. The summed E-state index contributed by atoms with van der Waals surface area (Å²) in [5.41, 5.74) is 1.29. The number of nitrogens with zero attached hydrogens (tertiary/aromatic N) is 1. The van der Waals surface area contributed by atoms with Gasteiger partial charge in [-0.15, -0.1) is 0 Å². The van der Waals surface area contributed by atoms with Crippen molar-refractivity contribution in [2.24, 2.45) is 0 Å². The number of amides is 1. The highest BCUT2D eigenvalue weighted by molar-refractivity contribution is 5.90. The van der Waals surface area contributed by atoms with E-state index >= 15 is 0 Å². The van der Waals surface area contributed by atoms with E-state index in [1.54, 1.807) is 12.4 Å². The van der Waals surface area contributed by atoms with E-state index in [9.17, 15) is 4.79 Å². The number of aryl methyl sites for hydroxylation is 1. The van der Waals surface area contributed by atoms with Crippen molar-refractivity contribution < 1.29 is 9.53 Å². The molecule has 5 nitrogen and oxygen atoms in total. The average molecular weight is 273 g/mol. The molecule has 0 unspecified atom stereocenters. The molecule has 1 aromatic heterocycles. The normalized spacial score (nSPS) is 10.2. The Balaban J connectivity index is 1.77.